The lowest BCUT2D eigenvalue weighted by atomic mass is 10.2. The minimum absolute atomic E-state index is 0.123. The van der Waals surface area contributed by atoms with Crippen LogP contribution in [0.2, 0.25) is 0 Å². The maximum atomic E-state index is 12.2. The molecule has 2 aromatic carbocycles. The number of nitrogens with zero attached hydrogens (tertiary/aromatic N) is 1. The van der Waals surface area contributed by atoms with Gasteiger partial charge in [0.2, 0.25) is 5.91 Å². The van der Waals surface area contributed by atoms with Crippen molar-refractivity contribution in [3.63, 3.8) is 0 Å². The van der Waals surface area contributed by atoms with Gasteiger partial charge >= 0.3 is 0 Å². The highest BCUT2D eigenvalue weighted by Crippen LogP contribution is 2.32. The predicted molar refractivity (Wildman–Crippen MR) is 98.2 cm³/mol. The molecule has 1 atom stereocenters. The molecular formula is C19H18N4O3. The molecule has 4 rings (SSSR count). The van der Waals surface area contributed by atoms with Gasteiger partial charge < -0.3 is 20.4 Å². The normalized spacial score (nSPS) is 15.9. The van der Waals surface area contributed by atoms with Crippen LogP contribution in [-0.4, -0.2) is 27.9 Å². The average Bonchev–Trinajstić information content (AvgIpc) is 3.04. The first kappa shape index (κ1) is 16.1. The van der Waals surface area contributed by atoms with Crippen LogP contribution in [0.4, 0.5) is 11.4 Å². The number of imidazole rings is 1. The van der Waals surface area contributed by atoms with Gasteiger partial charge in [-0.05, 0) is 37.3 Å². The van der Waals surface area contributed by atoms with Crippen LogP contribution in [0.25, 0.3) is 11.0 Å². The van der Waals surface area contributed by atoms with E-state index < -0.39 is 6.10 Å². The van der Waals surface area contributed by atoms with Crippen molar-refractivity contribution in [1.29, 1.82) is 0 Å². The van der Waals surface area contributed by atoms with Crippen molar-refractivity contribution in [2.24, 2.45) is 0 Å². The zero-order valence-corrected chi connectivity index (χ0v) is 14.2. The Morgan fingerprint density at radius 1 is 1.27 bits per heavy atom. The van der Waals surface area contributed by atoms with Crippen LogP contribution in [0.1, 0.15) is 19.2 Å². The number of anilines is 2. The van der Waals surface area contributed by atoms with Gasteiger partial charge in [-0.2, -0.15) is 0 Å². The van der Waals surface area contributed by atoms with Crippen LogP contribution in [0.5, 0.6) is 5.75 Å². The molecule has 0 fully saturated rings. The van der Waals surface area contributed by atoms with Crippen LogP contribution in [0.3, 0.4) is 0 Å². The van der Waals surface area contributed by atoms with Crippen molar-refractivity contribution in [1.82, 2.24) is 9.97 Å². The molecule has 0 saturated heterocycles. The lowest BCUT2D eigenvalue weighted by Gasteiger charge is -2.23. The average molecular weight is 350 g/mol. The second kappa shape index (κ2) is 6.51. The van der Waals surface area contributed by atoms with Crippen molar-refractivity contribution in [2.75, 3.05) is 10.6 Å². The molecule has 26 heavy (non-hydrogen) atoms. The molecule has 1 aromatic heterocycles. The van der Waals surface area contributed by atoms with Gasteiger partial charge in [0.05, 0.1) is 16.7 Å². The summed E-state index contributed by atoms with van der Waals surface area (Å²) in [5.74, 6) is 1.05. The van der Waals surface area contributed by atoms with Crippen molar-refractivity contribution < 1.29 is 14.3 Å². The SMILES string of the molecule is CC1Oc2ccc(NC(=O)CCc3nc4ccccc4[nH]3)cc2NC1=O. The van der Waals surface area contributed by atoms with E-state index in [0.717, 1.165) is 16.9 Å². The third-order valence-corrected chi connectivity index (χ3v) is 4.22. The quantitative estimate of drug-likeness (QED) is 0.674. The van der Waals surface area contributed by atoms with Crippen molar-refractivity contribution in [2.45, 2.75) is 25.9 Å². The topological polar surface area (TPSA) is 96.1 Å². The fourth-order valence-corrected chi connectivity index (χ4v) is 2.87. The number of benzene rings is 2. The molecule has 3 aromatic rings. The summed E-state index contributed by atoms with van der Waals surface area (Å²) < 4.78 is 5.50. The number of aromatic nitrogens is 2. The molecule has 7 heteroatoms. The molecule has 1 unspecified atom stereocenters. The van der Waals surface area contributed by atoms with E-state index in [0.29, 0.717) is 30.0 Å². The number of carbonyl (C=O) groups excluding carboxylic acids is 2. The molecule has 0 spiro atoms. The molecule has 2 amide bonds. The Morgan fingerprint density at radius 3 is 2.96 bits per heavy atom. The van der Waals surface area contributed by atoms with Crippen LogP contribution in [-0.2, 0) is 16.0 Å². The predicted octanol–water partition coefficient (Wildman–Crippen LogP) is 2.85. The fraction of sp³-hybridized carbons (Fsp3) is 0.211. The zero-order chi connectivity index (χ0) is 18.1. The van der Waals surface area contributed by atoms with Gasteiger partial charge in [-0.1, -0.05) is 12.1 Å². The highest BCUT2D eigenvalue weighted by molar-refractivity contribution is 5.99. The lowest BCUT2D eigenvalue weighted by molar-refractivity contribution is -0.122. The van der Waals surface area contributed by atoms with Crippen molar-refractivity contribution >= 4 is 34.2 Å². The first-order valence-corrected chi connectivity index (χ1v) is 8.43. The summed E-state index contributed by atoms with van der Waals surface area (Å²) in [6.45, 7) is 1.69. The van der Waals surface area contributed by atoms with Crippen molar-refractivity contribution in [3.05, 3.63) is 48.3 Å². The van der Waals surface area contributed by atoms with Crippen LogP contribution < -0.4 is 15.4 Å². The van der Waals surface area contributed by atoms with E-state index in [-0.39, 0.29) is 11.8 Å². The van der Waals surface area contributed by atoms with Gasteiger partial charge in [0, 0.05) is 18.5 Å². The number of aromatic amines is 1. The highest BCUT2D eigenvalue weighted by atomic mass is 16.5. The van der Waals surface area contributed by atoms with Crippen LogP contribution in [0.15, 0.2) is 42.5 Å². The molecular weight excluding hydrogens is 332 g/mol. The minimum Gasteiger partial charge on any atom is -0.479 e. The third-order valence-electron chi connectivity index (χ3n) is 4.22. The molecule has 0 bridgehead atoms. The van der Waals surface area contributed by atoms with Gasteiger partial charge in [0.25, 0.3) is 5.91 Å². The molecule has 7 nitrogen and oxygen atoms in total. The summed E-state index contributed by atoms with van der Waals surface area (Å²) in [7, 11) is 0. The Bertz CT molecular complexity index is 962. The third kappa shape index (κ3) is 3.23. The maximum Gasteiger partial charge on any atom is 0.265 e. The van der Waals surface area contributed by atoms with E-state index in [9.17, 15) is 9.59 Å². The second-order valence-electron chi connectivity index (χ2n) is 6.21. The van der Waals surface area contributed by atoms with Crippen molar-refractivity contribution in [3.8, 4) is 5.75 Å². The Balaban J connectivity index is 1.39. The standard InChI is InChI=1S/C19H18N4O3/c1-11-19(25)23-15-10-12(6-7-16(15)26-11)20-18(24)9-8-17-21-13-4-2-3-5-14(13)22-17/h2-7,10-11H,8-9H2,1H3,(H,20,24)(H,21,22)(H,23,25). The largest absolute Gasteiger partial charge is 0.479 e. The molecule has 2 heterocycles. The fourth-order valence-electron chi connectivity index (χ4n) is 2.87. The Labute approximate surface area is 149 Å². The summed E-state index contributed by atoms with van der Waals surface area (Å²) in [6.07, 6.45) is 0.298. The van der Waals surface area contributed by atoms with E-state index in [1.807, 2.05) is 24.3 Å². The Morgan fingerprint density at radius 2 is 2.12 bits per heavy atom. The van der Waals surface area contributed by atoms with Gasteiger partial charge in [-0.15, -0.1) is 0 Å². The number of hydrogen-bond donors (Lipinski definition) is 3. The molecule has 1 aliphatic rings. The Hall–Kier alpha value is -3.35. The number of carbonyl (C=O) groups is 2. The van der Waals surface area contributed by atoms with E-state index >= 15 is 0 Å². The van der Waals surface area contributed by atoms with Gasteiger partial charge in [0.15, 0.2) is 6.10 Å². The summed E-state index contributed by atoms with van der Waals surface area (Å²) in [5, 5.41) is 5.60. The minimum atomic E-state index is -0.522. The highest BCUT2D eigenvalue weighted by Gasteiger charge is 2.23. The first-order valence-electron chi connectivity index (χ1n) is 8.43. The van der Waals surface area contributed by atoms with E-state index in [4.69, 9.17) is 4.74 Å². The van der Waals surface area contributed by atoms with E-state index in [1.54, 1.807) is 25.1 Å². The molecule has 1 aliphatic heterocycles. The van der Waals surface area contributed by atoms with Gasteiger partial charge in [-0.25, -0.2) is 4.98 Å². The molecule has 0 radical (unpaired) electrons. The summed E-state index contributed by atoms with van der Waals surface area (Å²) in [5.41, 5.74) is 3.02. The number of fused-ring (bicyclic) bond motifs is 2. The molecule has 0 aliphatic carbocycles. The summed E-state index contributed by atoms with van der Waals surface area (Å²) in [6, 6.07) is 12.9. The summed E-state index contributed by atoms with van der Waals surface area (Å²) in [4.78, 5) is 31.6. The number of ether oxygens (including phenoxy) is 1. The second-order valence-corrected chi connectivity index (χ2v) is 6.21. The van der Waals surface area contributed by atoms with Gasteiger partial charge in [-0.3, -0.25) is 9.59 Å². The maximum absolute atomic E-state index is 12.2. The number of aryl methyl sites for hydroxylation is 1. The molecule has 3 N–H and O–H groups in total. The lowest BCUT2D eigenvalue weighted by Crippen LogP contribution is -2.34. The number of nitrogens with one attached hydrogen (secondary N) is 3. The summed E-state index contributed by atoms with van der Waals surface area (Å²) >= 11 is 0. The molecule has 132 valence electrons. The number of amides is 2. The number of para-hydroxylation sites is 2. The first-order chi connectivity index (χ1) is 12.6. The number of rotatable bonds is 4. The number of hydrogen-bond acceptors (Lipinski definition) is 4. The smallest absolute Gasteiger partial charge is 0.265 e. The molecule has 0 saturated carbocycles. The van der Waals surface area contributed by atoms with Crippen LogP contribution >= 0.6 is 0 Å². The van der Waals surface area contributed by atoms with E-state index in [1.165, 1.54) is 0 Å². The zero-order valence-electron chi connectivity index (χ0n) is 14.2. The number of H-pyrrole nitrogens is 1. The van der Waals surface area contributed by atoms with Gasteiger partial charge in [0.1, 0.15) is 11.6 Å². The van der Waals surface area contributed by atoms with Crippen LogP contribution in [0, 0.1) is 0 Å². The Kier molecular flexibility index (Phi) is 4.04. The van der Waals surface area contributed by atoms with E-state index in [2.05, 4.69) is 20.6 Å². The monoisotopic (exact) mass is 350 g/mol.